The van der Waals surface area contributed by atoms with Gasteiger partial charge in [0.2, 0.25) is 0 Å². The van der Waals surface area contributed by atoms with E-state index in [9.17, 15) is 18.0 Å². The Morgan fingerprint density at radius 1 is 0.926 bits per heavy atom. The zero-order chi connectivity index (χ0) is 19.7. The van der Waals surface area contributed by atoms with E-state index in [1.54, 1.807) is 12.1 Å². The number of hydrogen-bond donors (Lipinski definition) is 1. The molecule has 0 aliphatic carbocycles. The molecule has 0 aliphatic rings. The number of carbonyl (C=O) groups is 1. The van der Waals surface area contributed by atoms with Gasteiger partial charge in [0.1, 0.15) is 0 Å². The lowest BCUT2D eigenvalue weighted by Gasteiger charge is -2.06. The Morgan fingerprint density at radius 2 is 1.59 bits per heavy atom. The Hall–Kier alpha value is -2.56. The highest BCUT2D eigenvalue weighted by Crippen LogP contribution is 2.29. The van der Waals surface area contributed by atoms with Gasteiger partial charge in [-0.3, -0.25) is 0 Å². The molecule has 2 aromatic carbocycles. The van der Waals surface area contributed by atoms with Crippen molar-refractivity contribution in [3.8, 4) is 0 Å². The molecule has 2 nitrogen and oxygen atoms in total. The van der Waals surface area contributed by atoms with E-state index >= 15 is 0 Å². The largest absolute Gasteiger partial charge is 0.478 e. The molecule has 0 bridgehead atoms. The van der Waals surface area contributed by atoms with E-state index < -0.39 is 17.7 Å². The van der Waals surface area contributed by atoms with Crippen molar-refractivity contribution in [3.63, 3.8) is 0 Å². The van der Waals surface area contributed by atoms with E-state index in [0.717, 1.165) is 61.8 Å². The molecule has 0 radical (unpaired) electrons. The van der Waals surface area contributed by atoms with Gasteiger partial charge in [0.25, 0.3) is 0 Å². The molecule has 2 rings (SSSR count). The molecule has 144 valence electrons. The van der Waals surface area contributed by atoms with Crippen LogP contribution in [0, 0.1) is 0 Å². The minimum absolute atomic E-state index is 0.372. The fourth-order valence-corrected chi connectivity index (χ4v) is 2.88. The monoisotopic (exact) mass is 376 g/mol. The first-order valence-corrected chi connectivity index (χ1v) is 9.03. The second-order valence-corrected chi connectivity index (χ2v) is 6.44. The van der Waals surface area contributed by atoms with Gasteiger partial charge in [-0.25, -0.2) is 4.79 Å². The fourth-order valence-electron chi connectivity index (χ4n) is 2.88. The van der Waals surface area contributed by atoms with Crippen molar-refractivity contribution in [1.82, 2.24) is 0 Å². The highest BCUT2D eigenvalue weighted by Gasteiger charge is 2.29. The predicted molar refractivity (Wildman–Crippen MR) is 101 cm³/mol. The Labute approximate surface area is 157 Å². The molecular weight excluding hydrogens is 353 g/mol. The number of alkyl halides is 3. The number of hydrogen-bond acceptors (Lipinski definition) is 1. The van der Waals surface area contributed by atoms with Crippen molar-refractivity contribution in [2.75, 3.05) is 0 Å². The van der Waals surface area contributed by atoms with Crippen LogP contribution in [0.1, 0.15) is 59.2 Å². The van der Waals surface area contributed by atoms with Gasteiger partial charge in [0.15, 0.2) is 0 Å². The summed E-state index contributed by atoms with van der Waals surface area (Å²) in [6.07, 6.45) is 5.12. The van der Waals surface area contributed by atoms with E-state index in [4.69, 9.17) is 5.11 Å². The number of aryl methyl sites for hydroxylation is 1. The van der Waals surface area contributed by atoms with Crippen LogP contribution in [0.5, 0.6) is 0 Å². The van der Waals surface area contributed by atoms with Crippen LogP contribution < -0.4 is 0 Å². The molecule has 5 heteroatoms. The van der Waals surface area contributed by atoms with Gasteiger partial charge in [-0.1, -0.05) is 55.3 Å². The number of carboxylic acid groups (broad SMARTS) is 1. The lowest BCUT2D eigenvalue weighted by atomic mass is 10.0. The van der Waals surface area contributed by atoms with Crippen molar-refractivity contribution >= 4 is 12.0 Å². The maximum atomic E-state index is 12.5. The third-order valence-corrected chi connectivity index (χ3v) is 4.36. The summed E-state index contributed by atoms with van der Waals surface area (Å²) in [5.41, 5.74) is 1.36. The van der Waals surface area contributed by atoms with Crippen molar-refractivity contribution in [3.05, 3.63) is 76.9 Å². The van der Waals surface area contributed by atoms with Crippen LogP contribution in [-0.2, 0) is 12.6 Å². The van der Waals surface area contributed by atoms with Gasteiger partial charge in [-0.2, -0.15) is 13.2 Å². The van der Waals surface area contributed by atoms with Crippen LogP contribution in [0.15, 0.2) is 54.6 Å². The van der Waals surface area contributed by atoms with E-state index in [-0.39, 0.29) is 0 Å². The number of halogens is 3. The minimum Gasteiger partial charge on any atom is -0.478 e. The highest BCUT2D eigenvalue weighted by atomic mass is 19.4. The van der Waals surface area contributed by atoms with Crippen LogP contribution >= 0.6 is 0 Å². The Kier molecular flexibility index (Phi) is 7.65. The maximum Gasteiger partial charge on any atom is 0.416 e. The van der Waals surface area contributed by atoms with Gasteiger partial charge in [0, 0.05) is 0 Å². The normalized spacial score (nSPS) is 11.8. The molecular formula is C22H23F3O2. The number of aromatic carboxylic acids is 1. The first-order chi connectivity index (χ1) is 12.9. The molecule has 0 heterocycles. The van der Waals surface area contributed by atoms with Gasteiger partial charge >= 0.3 is 12.1 Å². The Balaban J connectivity index is 1.65. The zero-order valence-electron chi connectivity index (χ0n) is 15.0. The molecule has 0 unspecified atom stereocenters. The molecule has 0 saturated carbocycles. The van der Waals surface area contributed by atoms with Crippen LogP contribution in [0.4, 0.5) is 13.2 Å². The topological polar surface area (TPSA) is 37.3 Å². The molecule has 0 aliphatic heterocycles. The second kappa shape index (κ2) is 9.95. The van der Waals surface area contributed by atoms with Crippen LogP contribution in [0.2, 0.25) is 0 Å². The molecule has 0 spiro atoms. The van der Waals surface area contributed by atoms with Gasteiger partial charge in [0.05, 0.1) is 11.1 Å². The molecule has 27 heavy (non-hydrogen) atoms. The summed E-state index contributed by atoms with van der Waals surface area (Å²) < 4.78 is 37.5. The van der Waals surface area contributed by atoms with Crippen molar-refractivity contribution in [1.29, 1.82) is 0 Å². The summed E-state index contributed by atoms with van der Waals surface area (Å²) >= 11 is 0. The van der Waals surface area contributed by atoms with Gasteiger partial charge < -0.3 is 5.11 Å². The van der Waals surface area contributed by atoms with E-state index in [1.165, 1.54) is 12.1 Å². The lowest BCUT2D eigenvalue weighted by molar-refractivity contribution is -0.137. The molecule has 0 saturated heterocycles. The Morgan fingerprint density at radius 3 is 2.26 bits per heavy atom. The predicted octanol–water partition coefficient (Wildman–Crippen LogP) is 6.61. The molecule has 0 aromatic heterocycles. The third-order valence-electron chi connectivity index (χ3n) is 4.36. The number of benzene rings is 2. The zero-order valence-corrected chi connectivity index (χ0v) is 15.0. The summed E-state index contributed by atoms with van der Waals surface area (Å²) in [6, 6.07) is 12.2. The maximum absolute atomic E-state index is 12.5. The van der Waals surface area contributed by atoms with Crippen LogP contribution in [0.25, 0.3) is 6.08 Å². The van der Waals surface area contributed by atoms with E-state index in [2.05, 4.69) is 0 Å². The SMILES string of the molecule is O=C(O)c1ccccc1CCCCCCC=Cc1ccc(C(F)(F)F)cc1. The number of carboxylic acids is 1. The number of rotatable bonds is 9. The second-order valence-electron chi connectivity index (χ2n) is 6.44. The van der Waals surface area contributed by atoms with Gasteiger partial charge in [-0.05, 0) is 55.0 Å². The van der Waals surface area contributed by atoms with Crippen molar-refractivity contribution in [2.24, 2.45) is 0 Å². The summed E-state index contributed by atoms with van der Waals surface area (Å²) in [6.45, 7) is 0. The first kappa shape index (κ1) is 20.7. The van der Waals surface area contributed by atoms with E-state index in [0.29, 0.717) is 5.56 Å². The smallest absolute Gasteiger partial charge is 0.416 e. The fraction of sp³-hybridized carbons (Fsp3) is 0.318. The van der Waals surface area contributed by atoms with Gasteiger partial charge in [-0.15, -0.1) is 0 Å². The molecule has 1 N–H and O–H groups in total. The summed E-state index contributed by atoms with van der Waals surface area (Å²) in [4.78, 5) is 11.2. The first-order valence-electron chi connectivity index (χ1n) is 9.03. The molecule has 0 amide bonds. The standard InChI is InChI=1S/C22H23F3O2/c23-22(24,25)19-15-13-17(14-16-19)9-5-3-1-2-4-6-10-18-11-7-8-12-20(18)21(26)27/h5,7-9,11-16H,1-4,6,10H2,(H,26,27). The molecule has 0 atom stereocenters. The minimum atomic E-state index is -4.30. The van der Waals surface area contributed by atoms with Crippen LogP contribution in [-0.4, -0.2) is 11.1 Å². The average molecular weight is 376 g/mol. The quantitative estimate of drug-likeness (QED) is 0.500. The number of unbranched alkanes of at least 4 members (excludes halogenated alkanes) is 4. The number of allylic oxidation sites excluding steroid dienone is 1. The van der Waals surface area contributed by atoms with Crippen molar-refractivity contribution < 1.29 is 23.1 Å². The van der Waals surface area contributed by atoms with Crippen molar-refractivity contribution in [2.45, 2.75) is 44.7 Å². The summed E-state index contributed by atoms with van der Waals surface area (Å²) in [7, 11) is 0. The summed E-state index contributed by atoms with van der Waals surface area (Å²) in [5, 5.41) is 9.15. The molecule has 0 fully saturated rings. The Bertz CT molecular complexity index is 762. The highest BCUT2D eigenvalue weighted by molar-refractivity contribution is 5.89. The average Bonchev–Trinajstić information content (AvgIpc) is 2.63. The third kappa shape index (κ3) is 6.93. The summed E-state index contributed by atoms with van der Waals surface area (Å²) in [5.74, 6) is -0.890. The molecule has 2 aromatic rings. The lowest BCUT2D eigenvalue weighted by Crippen LogP contribution is -2.03. The van der Waals surface area contributed by atoms with E-state index in [1.807, 2.05) is 24.3 Å². The van der Waals surface area contributed by atoms with Crippen LogP contribution in [0.3, 0.4) is 0 Å².